The van der Waals surface area contributed by atoms with E-state index in [1.54, 1.807) is 0 Å². The van der Waals surface area contributed by atoms with Crippen LogP contribution in [0.15, 0.2) is 10.5 Å². The van der Waals surface area contributed by atoms with E-state index in [-0.39, 0.29) is 0 Å². The standard InChI is InChI=1S/C15H26N2O2/c1-13-14(10-15(19-13)11-16-2)12-18-9-8-17-6-4-3-5-7-17/h10,16H,3-9,11-12H2,1-2H3. The van der Waals surface area contributed by atoms with Gasteiger partial charge < -0.3 is 19.4 Å². The van der Waals surface area contributed by atoms with E-state index >= 15 is 0 Å². The summed E-state index contributed by atoms with van der Waals surface area (Å²) in [5.41, 5.74) is 1.17. The fourth-order valence-corrected chi connectivity index (χ4v) is 2.55. The van der Waals surface area contributed by atoms with Crippen LogP contribution in [-0.4, -0.2) is 38.2 Å². The summed E-state index contributed by atoms with van der Waals surface area (Å²) >= 11 is 0. The Morgan fingerprint density at radius 2 is 2.11 bits per heavy atom. The molecule has 0 atom stereocenters. The smallest absolute Gasteiger partial charge is 0.118 e. The Bertz CT molecular complexity index is 370. The average molecular weight is 266 g/mol. The summed E-state index contributed by atoms with van der Waals surface area (Å²) in [6, 6.07) is 2.09. The van der Waals surface area contributed by atoms with Crippen molar-refractivity contribution in [2.45, 2.75) is 39.3 Å². The number of aryl methyl sites for hydroxylation is 1. The summed E-state index contributed by atoms with van der Waals surface area (Å²) in [5, 5.41) is 3.09. The first-order valence-electron chi connectivity index (χ1n) is 7.32. The third-order valence-corrected chi connectivity index (χ3v) is 3.68. The van der Waals surface area contributed by atoms with Crippen LogP contribution in [-0.2, 0) is 17.9 Å². The average Bonchev–Trinajstić information content (AvgIpc) is 2.77. The minimum atomic E-state index is 0.660. The molecule has 0 aliphatic carbocycles. The molecule has 0 saturated carbocycles. The van der Waals surface area contributed by atoms with Crippen LogP contribution in [0.25, 0.3) is 0 Å². The SMILES string of the molecule is CNCc1cc(COCCN2CCCCC2)c(C)o1. The van der Waals surface area contributed by atoms with Gasteiger partial charge in [0.05, 0.1) is 19.8 Å². The molecule has 19 heavy (non-hydrogen) atoms. The molecule has 0 radical (unpaired) electrons. The van der Waals surface area contributed by atoms with Gasteiger partial charge in [0, 0.05) is 12.1 Å². The molecule has 1 aromatic rings. The van der Waals surface area contributed by atoms with Crippen LogP contribution >= 0.6 is 0 Å². The van der Waals surface area contributed by atoms with Crippen molar-refractivity contribution in [3.05, 3.63) is 23.2 Å². The number of rotatable bonds is 7. The van der Waals surface area contributed by atoms with Crippen LogP contribution in [0.1, 0.15) is 36.3 Å². The van der Waals surface area contributed by atoms with Gasteiger partial charge in [-0.2, -0.15) is 0 Å². The molecule has 2 heterocycles. The Hall–Kier alpha value is -0.840. The molecule has 1 fully saturated rings. The lowest BCUT2D eigenvalue weighted by Gasteiger charge is -2.26. The van der Waals surface area contributed by atoms with Gasteiger partial charge in [0.15, 0.2) is 0 Å². The van der Waals surface area contributed by atoms with E-state index in [1.165, 1.54) is 37.9 Å². The molecular formula is C15H26N2O2. The van der Waals surface area contributed by atoms with E-state index in [0.717, 1.165) is 31.2 Å². The minimum absolute atomic E-state index is 0.660. The highest BCUT2D eigenvalue weighted by Crippen LogP contribution is 2.15. The third-order valence-electron chi connectivity index (χ3n) is 3.68. The van der Waals surface area contributed by atoms with Gasteiger partial charge in [0.2, 0.25) is 0 Å². The van der Waals surface area contributed by atoms with Crippen LogP contribution in [0.4, 0.5) is 0 Å². The van der Waals surface area contributed by atoms with Crippen LogP contribution in [0.2, 0.25) is 0 Å². The number of ether oxygens (including phenoxy) is 1. The molecule has 0 aromatic carbocycles. The van der Waals surface area contributed by atoms with Gasteiger partial charge in [-0.3, -0.25) is 0 Å². The fraction of sp³-hybridized carbons (Fsp3) is 0.733. The number of likely N-dealkylation sites (tertiary alicyclic amines) is 1. The van der Waals surface area contributed by atoms with Gasteiger partial charge in [0.25, 0.3) is 0 Å². The molecule has 4 heteroatoms. The number of nitrogens with zero attached hydrogens (tertiary/aromatic N) is 1. The molecule has 1 aromatic heterocycles. The van der Waals surface area contributed by atoms with Crippen LogP contribution < -0.4 is 5.32 Å². The normalized spacial score (nSPS) is 16.9. The highest BCUT2D eigenvalue weighted by atomic mass is 16.5. The van der Waals surface area contributed by atoms with Gasteiger partial charge in [0.1, 0.15) is 11.5 Å². The van der Waals surface area contributed by atoms with Gasteiger partial charge in [-0.25, -0.2) is 0 Å². The second-order valence-electron chi connectivity index (χ2n) is 5.28. The van der Waals surface area contributed by atoms with Crippen molar-refractivity contribution < 1.29 is 9.15 Å². The highest BCUT2D eigenvalue weighted by Gasteiger charge is 2.10. The zero-order valence-corrected chi connectivity index (χ0v) is 12.2. The van der Waals surface area contributed by atoms with Gasteiger partial charge in [-0.1, -0.05) is 6.42 Å². The summed E-state index contributed by atoms with van der Waals surface area (Å²) in [6.45, 7) is 7.77. The predicted octanol–water partition coefficient (Wildman–Crippen LogP) is 2.31. The first kappa shape index (κ1) is 14.6. The van der Waals surface area contributed by atoms with Crippen LogP contribution in [0.5, 0.6) is 0 Å². The number of hydrogen-bond acceptors (Lipinski definition) is 4. The largest absolute Gasteiger partial charge is 0.465 e. The Morgan fingerprint density at radius 3 is 2.84 bits per heavy atom. The minimum Gasteiger partial charge on any atom is -0.465 e. The Morgan fingerprint density at radius 1 is 1.32 bits per heavy atom. The van der Waals surface area contributed by atoms with Crippen molar-refractivity contribution in [3.8, 4) is 0 Å². The van der Waals surface area contributed by atoms with E-state index in [0.29, 0.717) is 6.61 Å². The van der Waals surface area contributed by atoms with E-state index in [9.17, 15) is 0 Å². The van der Waals surface area contributed by atoms with E-state index < -0.39 is 0 Å². The van der Waals surface area contributed by atoms with Gasteiger partial charge in [-0.05, 0) is 46.0 Å². The summed E-state index contributed by atoms with van der Waals surface area (Å²) in [4.78, 5) is 2.50. The Labute approximate surface area is 116 Å². The number of nitrogens with one attached hydrogen (secondary N) is 1. The van der Waals surface area contributed by atoms with Crippen molar-refractivity contribution in [2.24, 2.45) is 0 Å². The zero-order valence-electron chi connectivity index (χ0n) is 12.2. The number of piperidine rings is 1. The second kappa shape index (κ2) is 7.68. The second-order valence-corrected chi connectivity index (χ2v) is 5.28. The lowest BCUT2D eigenvalue weighted by molar-refractivity contribution is 0.0857. The summed E-state index contributed by atoms with van der Waals surface area (Å²) < 4.78 is 11.4. The lowest BCUT2D eigenvalue weighted by atomic mass is 10.1. The number of furan rings is 1. The van der Waals surface area contributed by atoms with Gasteiger partial charge in [-0.15, -0.1) is 0 Å². The maximum Gasteiger partial charge on any atom is 0.118 e. The van der Waals surface area contributed by atoms with Gasteiger partial charge >= 0.3 is 0 Å². The first-order chi connectivity index (χ1) is 9.29. The predicted molar refractivity (Wildman–Crippen MR) is 76.2 cm³/mol. The zero-order chi connectivity index (χ0) is 13.5. The van der Waals surface area contributed by atoms with Crippen LogP contribution in [0, 0.1) is 6.92 Å². The summed E-state index contributed by atoms with van der Waals surface area (Å²) in [7, 11) is 1.92. The molecule has 2 rings (SSSR count). The van der Waals surface area contributed by atoms with Crippen molar-refractivity contribution in [2.75, 3.05) is 33.3 Å². The number of hydrogen-bond donors (Lipinski definition) is 1. The Balaban J connectivity index is 1.67. The molecule has 4 nitrogen and oxygen atoms in total. The Kier molecular flexibility index (Phi) is 5.89. The molecule has 1 aliphatic rings. The van der Waals surface area contributed by atoms with Crippen molar-refractivity contribution >= 4 is 0 Å². The first-order valence-corrected chi connectivity index (χ1v) is 7.32. The molecule has 1 N–H and O–H groups in total. The maximum absolute atomic E-state index is 5.77. The molecule has 0 amide bonds. The molecule has 108 valence electrons. The molecule has 0 bridgehead atoms. The molecule has 0 unspecified atom stereocenters. The van der Waals surface area contributed by atoms with Crippen molar-refractivity contribution in [3.63, 3.8) is 0 Å². The summed E-state index contributed by atoms with van der Waals surface area (Å²) in [6.07, 6.45) is 4.07. The van der Waals surface area contributed by atoms with Crippen molar-refractivity contribution in [1.82, 2.24) is 10.2 Å². The van der Waals surface area contributed by atoms with E-state index in [4.69, 9.17) is 9.15 Å². The topological polar surface area (TPSA) is 37.6 Å². The lowest BCUT2D eigenvalue weighted by Crippen LogP contribution is -2.32. The highest BCUT2D eigenvalue weighted by molar-refractivity contribution is 5.19. The monoisotopic (exact) mass is 266 g/mol. The third kappa shape index (κ3) is 4.64. The molecule has 0 spiro atoms. The van der Waals surface area contributed by atoms with E-state index in [2.05, 4.69) is 16.3 Å². The van der Waals surface area contributed by atoms with Crippen LogP contribution in [0.3, 0.4) is 0 Å². The molecule has 1 saturated heterocycles. The maximum atomic E-state index is 5.77. The van der Waals surface area contributed by atoms with E-state index in [1.807, 2.05) is 14.0 Å². The summed E-state index contributed by atoms with van der Waals surface area (Å²) in [5.74, 6) is 1.96. The molecular weight excluding hydrogens is 240 g/mol. The van der Waals surface area contributed by atoms with Crippen molar-refractivity contribution in [1.29, 1.82) is 0 Å². The fourth-order valence-electron chi connectivity index (χ4n) is 2.55. The molecule has 1 aliphatic heterocycles. The quantitative estimate of drug-likeness (QED) is 0.769.